The third-order valence-corrected chi connectivity index (χ3v) is 5.28. The molecule has 0 amide bonds. The van der Waals surface area contributed by atoms with Crippen molar-refractivity contribution < 1.29 is 21.6 Å². The molecule has 0 aliphatic heterocycles. The number of aryl methyl sites for hydroxylation is 2. The molecule has 126 valence electrons. The molecule has 8 heteroatoms. The molecule has 0 saturated carbocycles. The fourth-order valence-electron chi connectivity index (χ4n) is 3.07. The van der Waals surface area contributed by atoms with Gasteiger partial charge in [0.2, 0.25) is 0 Å². The lowest BCUT2D eigenvalue weighted by molar-refractivity contribution is -0.0429. The standard InChI is InChI=1S/C15H17F3N2O2S/c16-15(17,18)23(21,22)20-13-9-5-7-11-10-6-3-1-2-4-8-12(10)19-14(11)13/h5,7,9,19-20H,1-4,6,8H2. The first-order chi connectivity index (χ1) is 10.8. The van der Waals surface area contributed by atoms with E-state index in [1.54, 1.807) is 10.8 Å². The molecule has 23 heavy (non-hydrogen) atoms. The first kappa shape index (κ1) is 16.2. The van der Waals surface area contributed by atoms with Gasteiger partial charge in [-0.2, -0.15) is 21.6 Å². The summed E-state index contributed by atoms with van der Waals surface area (Å²) in [5.41, 5.74) is -2.89. The molecule has 0 spiro atoms. The number of benzene rings is 1. The molecular formula is C15H17F3N2O2S. The molecule has 1 aliphatic carbocycles. The molecule has 0 unspecified atom stereocenters. The van der Waals surface area contributed by atoms with Gasteiger partial charge in [-0.3, -0.25) is 4.72 Å². The van der Waals surface area contributed by atoms with Crippen molar-refractivity contribution in [3.05, 3.63) is 29.5 Å². The summed E-state index contributed by atoms with van der Waals surface area (Å²) in [7, 11) is -5.43. The van der Waals surface area contributed by atoms with Crippen molar-refractivity contribution in [3.8, 4) is 0 Å². The molecule has 2 aromatic rings. The van der Waals surface area contributed by atoms with Crippen LogP contribution in [0.2, 0.25) is 0 Å². The predicted octanol–water partition coefficient (Wildman–Crippen LogP) is 4.09. The first-order valence-electron chi connectivity index (χ1n) is 7.51. The van der Waals surface area contributed by atoms with Crippen molar-refractivity contribution in [3.63, 3.8) is 0 Å². The zero-order chi connectivity index (χ0) is 16.7. The molecular weight excluding hydrogens is 329 g/mol. The van der Waals surface area contributed by atoms with Crippen molar-refractivity contribution in [1.82, 2.24) is 4.98 Å². The number of aromatic nitrogens is 1. The van der Waals surface area contributed by atoms with Gasteiger partial charge < -0.3 is 4.98 Å². The van der Waals surface area contributed by atoms with E-state index in [2.05, 4.69) is 4.98 Å². The molecule has 0 atom stereocenters. The van der Waals surface area contributed by atoms with Gasteiger partial charge in [-0.05, 0) is 37.3 Å². The lowest BCUT2D eigenvalue weighted by Crippen LogP contribution is -2.30. The van der Waals surface area contributed by atoms with Gasteiger partial charge >= 0.3 is 15.5 Å². The minimum absolute atomic E-state index is 0.0634. The summed E-state index contributed by atoms with van der Waals surface area (Å²) in [6.07, 6.45) is 5.98. The van der Waals surface area contributed by atoms with E-state index in [4.69, 9.17) is 0 Å². The van der Waals surface area contributed by atoms with E-state index in [-0.39, 0.29) is 5.69 Å². The van der Waals surface area contributed by atoms with Crippen LogP contribution in [-0.2, 0) is 22.9 Å². The molecule has 0 bridgehead atoms. The summed E-state index contributed by atoms with van der Waals surface area (Å²) < 4.78 is 62.2. The van der Waals surface area contributed by atoms with Crippen LogP contribution in [0.5, 0.6) is 0 Å². The second kappa shape index (κ2) is 5.74. The number of hydrogen-bond donors (Lipinski definition) is 2. The average molecular weight is 346 g/mol. The lowest BCUT2D eigenvalue weighted by Gasteiger charge is -2.11. The van der Waals surface area contributed by atoms with Crippen LogP contribution >= 0.6 is 0 Å². The van der Waals surface area contributed by atoms with Gasteiger partial charge in [0.25, 0.3) is 0 Å². The Morgan fingerprint density at radius 1 is 1.04 bits per heavy atom. The minimum atomic E-state index is -5.43. The molecule has 3 rings (SSSR count). The smallest absolute Gasteiger partial charge is 0.356 e. The maximum absolute atomic E-state index is 12.6. The van der Waals surface area contributed by atoms with Crippen LogP contribution < -0.4 is 4.72 Å². The second-order valence-corrected chi connectivity index (χ2v) is 7.45. The fourth-order valence-corrected chi connectivity index (χ4v) is 3.65. The summed E-state index contributed by atoms with van der Waals surface area (Å²) in [4.78, 5) is 3.13. The molecule has 2 N–H and O–H groups in total. The summed E-state index contributed by atoms with van der Waals surface area (Å²) in [6, 6.07) is 4.73. The Bertz CT molecular complexity index is 825. The van der Waals surface area contributed by atoms with Gasteiger partial charge in [0.15, 0.2) is 0 Å². The Hall–Kier alpha value is -1.70. The Labute approximate surface area is 132 Å². The highest BCUT2D eigenvalue weighted by molar-refractivity contribution is 7.93. The highest BCUT2D eigenvalue weighted by atomic mass is 32.2. The number of hydrogen-bond acceptors (Lipinski definition) is 2. The van der Waals surface area contributed by atoms with E-state index in [0.717, 1.165) is 55.2 Å². The maximum Gasteiger partial charge on any atom is 0.516 e. The van der Waals surface area contributed by atoms with Gasteiger partial charge in [0.05, 0.1) is 11.2 Å². The molecule has 0 saturated heterocycles. The lowest BCUT2D eigenvalue weighted by atomic mass is 9.97. The maximum atomic E-state index is 12.6. The summed E-state index contributed by atoms with van der Waals surface area (Å²) in [5, 5.41) is 0.796. The highest BCUT2D eigenvalue weighted by Gasteiger charge is 2.46. The Morgan fingerprint density at radius 3 is 2.43 bits per heavy atom. The quantitative estimate of drug-likeness (QED) is 0.860. The number of fused-ring (bicyclic) bond motifs is 3. The van der Waals surface area contributed by atoms with E-state index < -0.39 is 15.5 Å². The SMILES string of the molecule is O=S(=O)(Nc1cccc2c3c([nH]c12)CCCCCC3)C(F)(F)F. The monoisotopic (exact) mass is 346 g/mol. The summed E-state index contributed by atoms with van der Waals surface area (Å²) in [6.45, 7) is 0. The van der Waals surface area contributed by atoms with Crippen LogP contribution in [0, 0.1) is 0 Å². The number of para-hydroxylation sites is 1. The van der Waals surface area contributed by atoms with Crippen molar-refractivity contribution in [2.75, 3.05) is 4.72 Å². The predicted molar refractivity (Wildman–Crippen MR) is 82.8 cm³/mol. The van der Waals surface area contributed by atoms with Crippen LogP contribution in [0.4, 0.5) is 18.9 Å². The van der Waals surface area contributed by atoms with Crippen molar-refractivity contribution in [2.24, 2.45) is 0 Å². The zero-order valence-electron chi connectivity index (χ0n) is 12.3. The normalized spacial score (nSPS) is 16.7. The minimum Gasteiger partial charge on any atom is -0.356 e. The Morgan fingerprint density at radius 2 is 1.74 bits per heavy atom. The molecule has 4 nitrogen and oxygen atoms in total. The third kappa shape index (κ3) is 3.04. The number of sulfonamides is 1. The molecule has 0 radical (unpaired) electrons. The van der Waals surface area contributed by atoms with Gasteiger partial charge in [-0.1, -0.05) is 25.0 Å². The fraction of sp³-hybridized carbons (Fsp3) is 0.467. The van der Waals surface area contributed by atoms with Crippen LogP contribution in [-0.4, -0.2) is 18.9 Å². The van der Waals surface area contributed by atoms with Gasteiger partial charge in [0, 0.05) is 11.1 Å². The first-order valence-corrected chi connectivity index (χ1v) is 8.99. The second-order valence-electron chi connectivity index (χ2n) is 5.78. The van der Waals surface area contributed by atoms with E-state index in [1.165, 1.54) is 6.07 Å². The molecule has 1 aliphatic rings. The Balaban J connectivity index is 2.08. The third-order valence-electron chi connectivity index (χ3n) is 4.18. The van der Waals surface area contributed by atoms with Crippen LogP contribution in [0.3, 0.4) is 0 Å². The van der Waals surface area contributed by atoms with Crippen LogP contribution in [0.1, 0.15) is 36.9 Å². The highest BCUT2D eigenvalue weighted by Crippen LogP contribution is 2.34. The van der Waals surface area contributed by atoms with Crippen molar-refractivity contribution >= 4 is 26.6 Å². The largest absolute Gasteiger partial charge is 0.516 e. The summed E-state index contributed by atoms with van der Waals surface area (Å²) in [5.74, 6) is 0. The van der Waals surface area contributed by atoms with Gasteiger partial charge in [-0.15, -0.1) is 0 Å². The van der Waals surface area contributed by atoms with E-state index in [9.17, 15) is 21.6 Å². The molecule has 1 aromatic heterocycles. The van der Waals surface area contributed by atoms with Crippen LogP contribution in [0.25, 0.3) is 10.9 Å². The number of halogens is 3. The van der Waals surface area contributed by atoms with E-state index in [1.807, 2.05) is 6.07 Å². The topological polar surface area (TPSA) is 62.0 Å². The number of aromatic amines is 1. The molecule has 0 fully saturated rings. The molecule has 1 aromatic carbocycles. The number of alkyl halides is 3. The molecule has 1 heterocycles. The zero-order valence-corrected chi connectivity index (χ0v) is 13.1. The number of H-pyrrole nitrogens is 1. The number of nitrogens with one attached hydrogen (secondary N) is 2. The van der Waals surface area contributed by atoms with E-state index in [0.29, 0.717) is 5.52 Å². The Kier molecular flexibility index (Phi) is 4.03. The summed E-state index contributed by atoms with van der Waals surface area (Å²) >= 11 is 0. The van der Waals surface area contributed by atoms with Gasteiger partial charge in [-0.25, -0.2) is 0 Å². The van der Waals surface area contributed by atoms with E-state index >= 15 is 0 Å². The number of anilines is 1. The van der Waals surface area contributed by atoms with Gasteiger partial charge in [0.1, 0.15) is 0 Å². The number of rotatable bonds is 2. The average Bonchev–Trinajstić information content (AvgIpc) is 2.75. The van der Waals surface area contributed by atoms with Crippen molar-refractivity contribution in [2.45, 2.75) is 44.0 Å². The van der Waals surface area contributed by atoms with Crippen LogP contribution in [0.15, 0.2) is 18.2 Å². The van der Waals surface area contributed by atoms with Crippen molar-refractivity contribution in [1.29, 1.82) is 0 Å².